The van der Waals surface area contributed by atoms with Crippen molar-refractivity contribution in [2.75, 3.05) is 44.2 Å². The number of anilines is 1. The van der Waals surface area contributed by atoms with Gasteiger partial charge in [0.05, 0.1) is 17.0 Å². The van der Waals surface area contributed by atoms with Crippen LogP contribution in [0.5, 0.6) is 0 Å². The van der Waals surface area contributed by atoms with Gasteiger partial charge in [0.25, 0.3) is 0 Å². The van der Waals surface area contributed by atoms with Crippen molar-refractivity contribution in [1.82, 2.24) is 19.2 Å². The Labute approximate surface area is 197 Å². The fraction of sp³-hybridized carbons (Fsp3) is 0.545. The summed E-state index contributed by atoms with van der Waals surface area (Å²) in [4.78, 5) is 12.5. The Hall–Kier alpha value is -2.28. The molecule has 2 aliphatic heterocycles. The summed E-state index contributed by atoms with van der Waals surface area (Å²) >= 11 is 0. The normalized spacial score (nSPS) is 21.7. The number of hydrogen-bond donors (Lipinski definition) is 1. The summed E-state index contributed by atoms with van der Waals surface area (Å²) in [5.41, 5.74) is -0.905. The van der Waals surface area contributed by atoms with Gasteiger partial charge >= 0.3 is 6.18 Å². The molecular weight excluding hydrogens is 471 g/mol. The maximum Gasteiger partial charge on any atom is 0.416 e. The van der Waals surface area contributed by atoms with E-state index in [4.69, 9.17) is 0 Å². The number of aromatic nitrogens is 2. The maximum absolute atomic E-state index is 12.9. The first-order chi connectivity index (χ1) is 16.0. The molecule has 12 heteroatoms. The standard InChI is InChI=1S/C22H28F3N5O3S/c1-16-26-9-6-20(27-16)28-10-7-17(8-11-28)14-29-12-13-30(15-21(29)31)34(32,33)19-4-2-18(3-5-19)22(23,24)25/h2-6,9,17,21,31H,7-8,10-15H2,1H3. The average molecular weight is 500 g/mol. The van der Waals surface area contributed by atoms with Crippen molar-refractivity contribution >= 4 is 15.8 Å². The highest BCUT2D eigenvalue weighted by Gasteiger charge is 2.36. The number of β-amino-alcohol motifs (C(OH)–C–C–N with tert-alkyl or cyclic N) is 1. The summed E-state index contributed by atoms with van der Waals surface area (Å²) in [7, 11) is -3.99. The number of hydrogen-bond acceptors (Lipinski definition) is 7. The average Bonchev–Trinajstić information content (AvgIpc) is 2.80. The molecular formula is C22H28F3N5O3S. The molecule has 186 valence electrons. The number of halogens is 3. The molecule has 1 aromatic heterocycles. The number of sulfonamides is 1. The molecule has 2 saturated heterocycles. The molecule has 0 bridgehead atoms. The molecule has 1 atom stereocenters. The van der Waals surface area contributed by atoms with Gasteiger partial charge in [-0.3, -0.25) is 4.90 Å². The van der Waals surface area contributed by atoms with Gasteiger partial charge in [0.1, 0.15) is 17.9 Å². The Morgan fingerprint density at radius 2 is 1.74 bits per heavy atom. The molecule has 8 nitrogen and oxygen atoms in total. The van der Waals surface area contributed by atoms with E-state index in [1.807, 2.05) is 17.9 Å². The molecule has 0 saturated carbocycles. The quantitative estimate of drug-likeness (QED) is 0.676. The summed E-state index contributed by atoms with van der Waals surface area (Å²) in [6.45, 7) is 4.61. The van der Waals surface area contributed by atoms with Crippen molar-refractivity contribution < 1.29 is 26.7 Å². The smallest absolute Gasteiger partial charge is 0.377 e. The second kappa shape index (κ2) is 9.76. The number of piperazine rings is 1. The van der Waals surface area contributed by atoms with E-state index in [0.717, 1.165) is 66.1 Å². The predicted octanol–water partition coefficient (Wildman–Crippen LogP) is 2.35. The molecule has 2 aromatic rings. The number of benzene rings is 1. The third-order valence-electron chi connectivity index (χ3n) is 6.44. The summed E-state index contributed by atoms with van der Waals surface area (Å²) in [6.07, 6.45) is -1.90. The number of rotatable bonds is 5. The number of aliphatic hydroxyl groups is 1. The lowest BCUT2D eigenvalue weighted by Crippen LogP contribution is -2.56. The monoisotopic (exact) mass is 499 g/mol. The van der Waals surface area contributed by atoms with Crippen molar-refractivity contribution in [2.24, 2.45) is 5.92 Å². The van der Waals surface area contributed by atoms with Gasteiger partial charge in [-0.05, 0) is 56.0 Å². The van der Waals surface area contributed by atoms with Gasteiger partial charge < -0.3 is 10.0 Å². The summed E-state index contributed by atoms with van der Waals surface area (Å²) in [6, 6.07) is 5.34. The summed E-state index contributed by atoms with van der Waals surface area (Å²) in [5, 5.41) is 10.6. The molecule has 1 N–H and O–H groups in total. The third-order valence-corrected chi connectivity index (χ3v) is 8.32. The number of alkyl halides is 3. The minimum absolute atomic E-state index is 0.123. The van der Waals surface area contributed by atoms with E-state index in [0.29, 0.717) is 19.0 Å². The van der Waals surface area contributed by atoms with Crippen LogP contribution in [0.15, 0.2) is 41.4 Å². The first-order valence-corrected chi connectivity index (χ1v) is 12.6. The van der Waals surface area contributed by atoms with Crippen LogP contribution in [0.3, 0.4) is 0 Å². The van der Waals surface area contributed by atoms with Crippen LogP contribution < -0.4 is 4.90 Å². The molecule has 3 heterocycles. The third kappa shape index (κ3) is 5.51. The number of nitrogens with zero attached hydrogens (tertiary/aromatic N) is 5. The van der Waals surface area contributed by atoms with Crippen molar-refractivity contribution in [2.45, 2.75) is 37.1 Å². The predicted molar refractivity (Wildman–Crippen MR) is 119 cm³/mol. The highest BCUT2D eigenvalue weighted by Crippen LogP contribution is 2.31. The number of aliphatic hydroxyl groups excluding tert-OH is 1. The molecule has 0 radical (unpaired) electrons. The fourth-order valence-electron chi connectivity index (χ4n) is 4.47. The summed E-state index contributed by atoms with van der Waals surface area (Å²) < 4.78 is 65.2. The van der Waals surface area contributed by atoms with Gasteiger partial charge in [0.2, 0.25) is 10.0 Å². The molecule has 34 heavy (non-hydrogen) atoms. The second-order valence-electron chi connectivity index (χ2n) is 8.75. The SMILES string of the molecule is Cc1nccc(N2CCC(CN3CCN(S(=O)(=O)c4ccc(C(F)(F)F)cc4)CC3O)CC2)n1. The van der Waals surface area contributed by atoms with Crippen molar-refractivity contribution in [3.8, 4) is 0 Å². The zero-order chi connectivity index (χ0) is 24.5. The van der Waals surface area contributed by atoms with E-state index >= 15 is 0 Å². The van der Waals surface area contributed by atoms with Gasteiger partial charge in [-0.25, -0.2) is 18.4 Å². The van der Waals surface area contributed by atoms with Crippen LogP contribution in [0.1, 0.15) is 24.2 Å². The zero-order valence-electron chi connectivity index (χ0n) is 18.8. The lowest BCUT2D eigenvalue weighted by atomic mass is 9.96. The molecule has 2 aliphatic rings. The van der Waals surface area contributed by atoms with Crippen LogP contribution in [-0.2, 0) is 16.2 Å². The van der Waals surface area contributed by atoms with E-state index < -0.39 is 28.0 Å². The highest BCUT2D eigenvalue weighted by molar-refractivity contribution is 7.89. The van der Waals surface area contributed by atoms with Gasteiger partial charge in [-0.1, -0.05) is 0 Å². The Bertz CT molecular complexity index is 1090. The lowest BCUT2D eigenvalue weighted by Gasteiger charge is -2.41. The zero-order valence-corrected chi connectivity index (χ0v) is 19.6. The minimum atomic E-state index is -4.53. The van der Waals surface area contributed by atoms with Crippen LogP contribution in [0.25, 0.3) is 0 Å². The van der Waals surface area contributed by atoms with E-state index in [1.165, 1.54) is 0 Å². The van der Waals surface area contributed by atoms with Crippen molar-refractivity contribution in [3.63, 3.8) is 0 Å². The second-order valence-corrected chi connectivity index (χ2v) is 10.7. The lowest BCUT2D eigenvalue weighted by molar-refractivity contribution is -0.137. The van der Waals surface area contributed by atoms with Crippen LogP contribution in [0, 0.1) is 12.8 Å². The molecule has 0 amide bonds. The largest absolute Gasteiger partial charge is 0.416 e. The van der Waals surface area contributed by atoms with E-state index in [-0.39, 0.29) is 18.0 Å². The number of piperidine rings is 1. The van der Waals surface area contributed by atoms with Crippen molar-refractivity contribution in [3.05, 3.63) is 47.9 Å². The Balaban J connectivity index is 1.31. The first kappa shape index (κ1) is 24.8. The van der Waals surface area contributed by atoms with Crippen LogP contribution >= 0.6 is 0 Å². The van der Waals surface area contributed by atoms with Gasteiger partial charge in [0.15, 0.2) is 0 Å². The molecule has 2 fully saturated rings. The van der Waals surface area contributed by atoms with E-state index in [2.05, 4.69) is 14.9 Å². The van der Waals surface area contributed by atoms with E-state index in [9.17, 15) is 26.7 Å². The summed E-state index contributed by atoms with van der Waals surface area (Å²) in [5.74, 6) is 2.01. The van der Waals surface area contributed by atoms with Crippen LogP contribution in [-0.4, -0.2) is 78.2 Å². The van der Waals surface area contributed by atoms with E-state index in [1.54, 1.807) is 6.20 Å². The van der Waals surface area contributed by atoms with Crippen LogP contribution in [0.2, 0.25) is 0 Å². The molecule has 1 unspecified atom stereocenters. The molecule has 1 aromatic carbocycles. The van der Waals surface area contributed by atoms with Crippen molar-refractivity contribution in [1.29, 1.82) is 0 Å². The molecule has 0 aliphatic carbocycles. The van der Waals surface area contributed by atoms with Gasteiger partial charge in [-0.15, -0.1) is 0 Å². The van der Waals surface area contributed by atoms with Gasteiger partial charge in [0, 0.05) is 38.9 Å². The minimum Gasteiger partial charge on any atom is -0.377 e. The molecule has 0 spiro atoms. The highest BCUT2D eigenvalue weighted by atomic mass is 32.2. The first-order valence-electron chi connectivity index (χ1n) is 11.2. The number of aryl methyl sites for hydroxylation is 1. The van der Waals surface area contributed by atoms with Gasteiger partial charge in [-0.2, -0.15) is 17.5 Å². The topological polar surface area (TPSA) is 89.9 Å². The fourth-order valence-corrected chi connectivity index (χ4v) is 5.90. The molecule has 4 rings (SSSR count). The van der Waals surface area contributed by atoms with Crippen LogP contribution in [0.4, 0.5) is 19.0 Å². The maximum atomic E-state index is 12.9. The Kier molecular flexibility index (Phi) is 7.13. The Morgan fingerprint density at radius 3 is 2.32 bits per heavy atom. The Morgan fingerprint density at radius 1 is 1.06 bits per heavy atom.